The Bertz CT molecular complexity index is 3800. The molecule has 4 heterocycles. The van der Waals surface area contributed by atoms with E-state index in [-0.39, 0.29) is 25.5 Å². The number of rotatable bonds is 6. The first-order chi connectivity index (χ1) is 31.9. The molecule has 12 aromatic rings. The molecule has 13 rings (SSSR count). The standard InChI is InChI=1S/C59H38N5S.Ir/c1-59(2)49-21-10-9-20-43(49)45-34-47-46-31-39(41-23-26-44-48-32-40(25-28-54(48)65-55(44)33-41)38-18-13-19-42(30-38)51-22-11-12-29-60-51)24-27-52(46)64(53(47)35-50(45)59)58-62-56(36-14-5-3-6-15-36)61-57(63-58)37-16-7-4-8-17-37;/h3-18,20-35H,1-2H3;/q-1;. The fraction of sp³-hybridized carbons (Fsp3) is 0.0508. The Hall–Kier alpha value is -7.41. The summed E-state index contributed by atoms with van der Waals surface area (Å²) < 4.78 is 4.79. The van der Waals surface area contributed by atoms with Gasteiger partial charge in [-0.05, 0) is 93.2 Å². The van der Waals surface area contributed by atoms with Gasteiger partial charge in [0.1, 0.15) is 0 Å². The van der Waals surface area contributed by atoms with Gasteiger partial charge in [0.05, 0.1) is 11.0 Å². The van der Waals surface area contributed by atoms with E-state index in [9.17, 15) is 0 Å². The van der Waals surface area contributed by atoms with Crippen molar-refractivity contribution >= 4 is 53.3 Å². The van der Waals surface area contributed by atoms with Crippen molar-refractivity contribution in [2.75, 3.05) is 0 Å². The predicted octanol–water partition coefficient (Wildman–Crippen LogP) is 15.2. The molecule has 0 saturated carbocycles. The number of pyridine rings is 1. The maximum absolute atomic E-state index is 5.26. The van der Waals surface area contributed by atoms with E-state index in [4.69, 9.17) is 15.0 Å². The van der Waals surface area contributed by atoms with Gasteiger partial charge in [0.25, 0.3) is 0 Å². The van der Waals surface area contributed by atoms with E-state index in [1.165, 1.54) is 53.6 Å². The average molecular weight is 1040 g/mol. The number of hydrogen-bond donors (Lipinski definition) is 0. The van der Waals surface area contributed by atoms with Crippen molar-refractivity contribution in [2.45, 2.75) is 19.3 Å². The van der Waals surface area contributed by atoms with Crippen LogP contribution in [0, 0.1) is 6.07 Å². The second-order valence-corrected chi connectivity index (χ2v) is 18.5. The summed E-state index contributed by atoms with van der Waals surface area (Å²) in [5.74, 6) is 1.86. The molecule has 0 atom stereocenters. The van der Waals surface area contributed by atoms with Crippen LogP contribution in [0.3, 0.4) is 0 Å². The number of benzene rings is 8. The zero-order chi connectivity index (χ0) is 43.2. The molecule has 1 aliphatic rings. The molecular formula is C59H38IrN5S-. The van der Waals surface area contributed by atoms with Crippen LogP contribution in [0.4, 0.5) is 0 Å². The summed E-state index contributed by atoms with van der Waals surface area (Å²) in [6.45, 7) is 4.67. The summed E-state index contributed by atoms with van der Waals surface area (Å²) in [6.07, 6.45) is 1.83. The Balaban J connectivity index is 0.00000456. The van der Waals surface area contributed by atoms with Gasteiger partial charge in [-0.15, -0.1) is 46.7 Å². The van der Waals surface area contributed by atoms with Gasteiger partial charge in [-0.3, -0.25) is 4.57 Å². The molecule has 7 heteroatoms. The molecule has 1 aliphatic carbocycles. The maximum Gasteiger partial charge on any atom is 0.238 e. The van der Waals surface area contributed by atoms with Gasteiger partial charge in [-0.25, -0.2) is 4.98 Å². The monoisotopic (exact) mass is 1040 g/mol. The SMILES string of the molecule is CC1(C)c2ccccc2-c2cc3c4cc(-c5ccc6c(c5)sc5ccc(-c7cc[c-]c(-c8ccccn8)c7)cc56)ccc4n(-c4nc(-c5ccccc5)nc(-c5ccccc5)n4)c3cc21.[Ir]. The molecule has 0 amide bonds. The maximum atomic E-state index is 5.26. The van der Waals surface area contributed by atoms with Gasteiger partial charge in [0, 0.05) is 73.8 Å². The van der Waals surface area contributed by atoms with Gasteiger partial charge < -0.3 is 4.98 Å². The van der Waals surface area contributed by atoms with Crippen LogP contribution >= 0.6 is 11.3 Å². The van der Waals surface area contributed by atoms with Crippen LogP contribution in [0.1, 0.15) is 25.0 Å². The van der Waals surface area contributed by atoms with Gasteiger partial charge >= 0.3 is 0 Å². The molecule has 315 valence electrons. The second kappa shape index (κ2) is 15.6. The summed E-state index contributed by atoms with van der Waals surface area (Å²) in [4.78, 5) is 20.1. The van der Waals surface area contributed by atoms with Crippen LogP contribution in [0.5, 0.6) is 0 Å². The van der Waals surface area contributed by atoms with Crippen LogP contribution in [0.15, 0.2) is 194 Å². The van der Waals surface area contributed by atoms with Crippen molar-refractivity contribution in [3.05, 3.63) is 211 Å². The minimum atomic E-state index is -0.182. The first-order valence-electron chi connectivity index (χ1n) is 21.9. The van der Waals surface area contributed by atoms with Crippen LogP contribution in [-0.2, 0) is 25.5 Å². The number of aromatic nitrogens is 5. The fourth-order valence-corrected chi connectivity index (χ4v) is 11.1. The molecule has 1 radical (unpaired) electrons. The van der Waals surface area contributed by atoms with E-state index in [0.29, 0.717) is 17.6 Å². The zero-order valence-electron chi connectivity index (χ0n) is 36.0. The van der Waals surface area contributed by atoms with Crippen molar-refractivity contribution in [2.24, 2.45) is 0 Å². The predicted molar refractivity (Wildman–Crippen MR) is 268 cm³/mol. The zero-order valence-corrected chi connectivity index (χ0v) is 39.2. The first kappa shape index (κ1) is 40.1. The smallest absolute Gasteiger partial charge is 0.238 e. The Morgan fingerprint density at radius 3 is 1.88 bits per heavy atom. The number of fused-ring (bicyclic) bond motifs is 9. The van der Waals surface area contributed by atoms with E-state index in [1.807, 2.05) is 78.2 Å². The molecule has 0 fully saturated rings. The molecular weight excluding hydrogens is 1000 g/mol. The number of nitrogens with zero attached hydrogens (tertiary/aromatic N) is 5. The Labute approximate surface area is 399 Å². The average Bonchev–Trinajstić information content (AvgIpc) is 3.97. The summed E-state index contributed by atoms with van der Waals surface area (Å²) in [7, 11) is 0. The van der Waals surface area contributed by atoms with Crippen LogP contribution in [0.2, 0.25) is 0 Å². The third-order valence-electron chi connectivity index (χ3n) is 13.2. The molecule has 0 spiro atoms. The van der Waals surface area contributed by atoms with Crippen molar-refractivity contribution in [1.29, 1.82) is 0 Å². The molecule has 0 unspecified atom stereocenters. The van der Waals surface area contributed by atoms with Crippen LogP contribution in [-0.4, -0.2) is 24.5 Å². The quantitative estimate of drug-likeness (QED) is 0.156. The van der Waals surface area contributed by atoms with E-state index >= 15 is 0 Å². The van der Waals surface area contributed by atoms with Crippen molar-refractivity contribution in [3.8, 4) is 73.4 Å². The van der Waals surface area contributed by atoms with Crippen LogP contribution < -0.4 is 0 Å². The minimum Gasteiger partial charge on any atom is -0.305 e. The molecule has 8 aromatic carbocycles. The van der Waals surface area contributed by atoms with Gasteiger partial charge in [-0.2, -0.15) is 9.97 Å². The second-order valence-electron chi connectivity index (χ2n) is 17.4. The summed E-state index contributed by atoms with van der Waals surface area (Å²) in [5, 5.41) is 4.84. The van der Waals surface area contributed by atoms with Gasteiger partial charge in [0.15, 0.2) is 11.6 Å². The molecule has 66 heavy (non-hydrogen) atoms. The molecule has 5 nitrogen and oxygen atoms in total. The third-order valence-corrected chi connectivity index (χ3v) is 14.4. The van der Waals surface area contributed by atoms with Crippen molar-refractivity contribution in [3.63, 3.8) is 0 Å². The Morgan fingerprint density at radius 2 is 1.12 bits per heavy atom. The molecule has 0 saturated heterocycles. The van der Waals surface area contributed by atoms with Crippen molar-refractivity contribution < 1.29 is 20.1 Å². The molecule has 4 aromatic heterocycles. The van der Waals surface area contributed by atoms with Gasteiger partial charge in [0.2, 0.25) is 5.95 Å². The Morgan fingerprint density at radius 1 is 0.470 bits per heavy atom. The van der Waals surface area contributed by atoms with Crippen molar-refractivity contribution in [1.82, 2.24) is 24.5 Å². The molecule has 0 aliphatic heterocycles. The number of thiophene rings is 1. The first-order valence-corrected chi connectivity index (χ1v) is 22.8. The van der Waals surface area contributed by atoms with E-state index < -0.39 is 0 Å². The topological polar surface area (TPSA) is 56.5 Å². The third kappa shape index (κ3) is 6.46. The number of hydrogen-bond acceptors (Lipinski definition) is 5. The van der Waals surface area contributed by atoms with Crippen LogP contribution in [0.25, 0.3) is 115 Å². The molecule has 0 bridgehead atoms. The normalized spacial score (nSPS) is 12.7. The Kier molecular flexibility index (Phi) is 9.51. The van der Waals surface area contributed by atoms with E-state index in [0.717, 1.165) is 55.3 Å². The van der Waals surface area contributed by atoms with E-state index in [1.54, 1.807) is 0 Å². The summed E-state index contributed by atoms with van der Waals surface area (Å²) >= 11 is 1.84. The largest absolute Gasteiger partial charge is 0.305 e. The van der Waals surface area contributed by atoms with Gasteiger partial charge in [-0.1, -0.05) is 135 Å². The summed E-state index contributed by atoms with van der Waals surface area (Å²) in [5.41, 5.74) is 15.6. The van der Waals surface area contributed by atoms with E-state index in [2.05, 4.69) is 157 Å². The molecule has 0 N–H and O–H groups in total. The minimum absolute atomic E-state index is 0. The summed E-state index contributed by atoms with van der Waals surface area (Å²) in [6, 6.07) is 70.4. The fourth-order valence-electron chi connectivity index (χ4n) is 9.96.